The summed E-state index contributed by atoms with van der Waals surface area (Å²) >= 11 is 0. The van der Waals surface area contributed by atoms with Crippen molar-refractivity contribution in [3.05, 3.63) is 0 Å². The molecule has 0 radical (unpaired) electrons. The second-order valence-electron chi connectivity index (χ2n) is 16.2. The maximum atomic E-state index is 12.9. The Bertz CT molecular complexity index is 801. The van der Waals surface area contributed by atoms with Gasteiger partial charge in [0.1, 0.15) is 24.4 Å². The summed E-state index contributed by atoms with van der Waals surface area (Å²) in [7, 11) is 0. The zero-order valence-electron chi connectivity index (χ0n) is 34.5. The van der Waals surface area contributed by atoms with Gasteiger partial charge in [0.2, 0.25) is 5.91 Å². The first-order valence-electron chi connectivity index (χ1n) is 22.7. The molecule has 0 aliphatic carbocycles. The largest absolute Gasteiger partial charge is 0.394 e. The highest BCUT2D eigenvalue weighted by molar-refractivity contribution is 5.76. The lowest BCUT2D eigenvalue weighted by molar-refractivity contribution is -0.302. The van der Waals surface area contributed by atoms with Gasteiger partial charge in [-0.1, -0.05) is 200 Å². The van der Waals surface area contributed by atoms with Gasteiger partial charge in [-0.15, -0.1) is 0 Å². The molecule has 316 valence electrons. The summed E-state index contributed by atoms with van der Waals surface area (Å²) in [5.74, 6) is -0.143. The maximum absolute atomic E-state index is 12.9. The number of aliphatic hydroxyl groups excluding tert-OH is 5. The average molecular weight is 758 g/mol. The van der Waals surface area contributed by atoms with Crippen LogP contribution in [0.5, 0.6) is 0 Å². The van der Waals surface area contributed by atoms with Crippen LogP contribution >= 0.6 is 0 Å². The van der Waals surface area contributed by atoms with Crippen LogP contribution in [0.25, 0.3) is 0 Å². The van der Waals surface area contributed by atoms with Crippen molar-refractivity contribution >= 4 is 5.91 Å². The fraction of sp³-hybridized carbons (Fsp3) is 0.977. The maximum Gasteiger partial charge on any atom is 0.220 e. The monoisotopic (exact) mass is 758 g/mol. The normalized spacial score (nSPS) is 21.5. The summed E-state index contributed by atoms with van der Waals surface area (Å²) in [5.41, 5.74) is 0. The van der Waals surface area contributed by atoms with E-state index in [1.165, 1.54) is 154 Å². The van der Waals surface area contributed by atoms with Crippen molar-refractivity contribution in [1.82, 2.24) is 5.32 Å². The molecular formula is C44H87NO8. The molecule has 1 aliphatic heterocycles. The minimum Gasteiger partial charge on any atom is -0.394 e. The summed E-state index contributed by atoms with van der Waals surface area (Å²) < 4.78 is 11.2. The SMILES string of the molecule is CCCCCCCCCCCCCCCCCCCCCCCCC(=O)NC(COC1OC(CO)C(O)C(O)C1O)C(O)CCCCCCCCCC. The van der Waals surface area contributed by atoms with Gasteiger partial charge in [-0.2, -0.15) is 0 Å². The Labute approximate surface area is 325 Å². The molecule has 1 rings (SSSR count). The lowest BCUT2D eigenvalue weighted by Crippen LogP contribution is -2.60. The third-order valence-electron chi connectivity index (χ3n) is 11.2. The first kappa shape index (κ1) is 50.2. The van der Waals surface area contributed by atoms with Gasteiger partial charge in [-0.05, 0) is 12.8 Å². The van der Waals surface area contributed by atoms with Crippen molar-refractivity contribution in [2.24, 2.45) is 0 Å². The second kappa shape index (κ2) is 35.6. The topological polar surface area (TPSA) is 149 Å². The zero-order valence-corrected chi connectivity index (χ0v) is 34.5. The van der Waals surface area contributed by atoms with Gasteiger partial charge >= 0.3 is 0 Å². The van der Waals surface area contributed by atoms with E-state index in [1.54, 1.807) is 0 Å². The molecule has 0 aromatic carbocycles. The van der Waals surface area contributed by atoms with E-state index in [9.17, 15) is 30.3 Å². The number of amides is 1. The number of unbranched alkanes of at least 4 members (excludes halogenated alkanes) is 28. The van der Waals surface area contributed by atoms with Gasteiger partial charge in [0.15, 0.2) is 6.29 Å². The quantitative estimate of drug-likeness (QED) is 0.0342. The lowest BCUT2D eigenvalue weighted by atomic mass is 9.99. The fourth-order valence-corrected chi connectivity index (χ4v) is 7.51. The molecule has 0 aromatic heterocycles. The van der Waals surface area contributed by atoms with Gasteiger partial charge in [0, 0.05) is 6.42 Å². The van der Waals surface area contributed by atoms with Crippen molar-refractivity contribution in [1.29, 1.82) is 0 Å². The van der Waals surface area contributed by atoms with Crippen molar-refractivity contribution in [2.45, 2.75) is 262 Å². The number of carbonyl (C=O) groups is 1. The average Bonchev–Trinajstić information content (AvgIpc) is 3.16. The number of rotatable bonds is 38. The number of carbonyl (C=O) groups excluding carboxylic acids is 1. The van der Waals surface area contributed by atoms with Crippen LogP contribution < -0.4 is 5.32 Å². The zero-order chi connectivity index (χ0) is 38.8. The predicted octanol–water partition coefficient (Wildman–Crippen LogP) is 9.17. The lowest BCUT2D eigenvalue weighted by Gasteiger charge is -2.40. The molecule has 0 saturated carbocycles. The highest BCUT2D eigenvalue weighted by atomic mass is 16.7. The van der Waals surface area contributed by atoms with E-state index in [2.05, 4.69) is 19.2 Å². The van der Waals surface area contributed by atoms with E-state index >= 15 is 0 Å². The first-order valence-corrected chi connectivity index (χ1v) is 22.7. The second-order valence-corrected chi connectivity index (χ2v) is 16.2. The third-order valence-corrected chi connectivity index (χ3v) is 11.2. The van der Waals surface area contributed by atoms with E-state index in [0.29, 0.717) is 12.8 Å². The van der Waals surface area contributed by atoms with Crippen LogP contribution in [0.15, 0.2) is 0 Å². The smallest absolute Gasteiger partial charge is 0.220 e. The molecule has 0 bridgehead atoms. The van der Waals surface area contributed by atoms with Crippen LogP contribution in [0.3, 0.4) is 0 Å². The molecule has 9 nitrogen and oxygen atoms in total. The van der Waals surface area contributed by atoms with Crippen molar-refractivity contribution in [3.8, 4) is 0 Å². The molecule has 1 heterocycles. The summed E-state index contributed by atoms with van der Waals surface area (Å²) in [6.45, 7) is 3.81. The Morgan fingerprint density at radius 3 is 1.34 bits per heavy atom. The standard InChI is InChI=1S/C44H87NO8/c1-3-5-7-9-11-13-14-15-16-17-18-19-20-21-22-23-24-25-26-28-30-32-34-40(48)45-37(38(47)33-31-29-27-12-10-8-6-4-2)36-52-44-43(51)42(50)41(49)39(35-46)53-44/h37-39,41-44,46-47,49-51H,3-36H2,1-2H3,(H,45,48). The Kier molecular flexibility index (Phi) is 33.7. The minimum absolute atomic E-state index is 0.133. The van der Waals surface area contributed by atoms with Crippen LogP contribution in [-0.4, -0.2) is 87.5 Å². The van der Waals surface area contributed by atoms with Crippen molar-refractivity contribution in [3.63, 3.8) is 0 Å². The van der Waals surface area contributed by atoms with Gasteiger partial charge in [0.05, 0.1) is 25.4 Å². The number of aliphatic hydroxyl groups is 5. The molecule has 0 aromatic rings. The van der Waals surface area contributed by atoms with E-state index in [1.807, 2.05) is 0 Å². The molecule has 6 N–H and O–H groups in total. The Balaban J connectivity index is 2.20. The van der Waals surface area contributed by atoms with Gasteiger partial charge in [-0.25, -0.2) is 0 Å². The van der Waals surface area contributed by atoms with E-state index in [-0.39, 0.29) is 12.5 Å². The Hall–Kier alpha value is -0.810. The number of nitrogens with one attached hydrogen (secondary N) is 1. The molecule has 1 saturated heterocycles. The van der Waals surface area contributed by atoms with Crippen LogP contribution in [-0.2, 0) is 14.3 Å². The molecule has 53 heavy (non-hydrogen) atoms. The molecule has 1 fully saturated rings. The first-order chi connectivity index (χ1) is 25.8. The van der Waals surface area contributed by atoms with Gasteiger partial charge in [-0.3, -0.25) is 4.79 Å². The summed E-state index contributed by atoms with van der Waals surface area (Å²) in [5, 5.41) is 54.1. The number of ether oxygens (including phenoxy) is 2. The Morgan fingerprint density at radius 1 is 0.566 bits per heavy atom. The van der Waals surface area contributed by atoms with Crippen LogP contribution in [0.4, 0.5) is 0 Å². The molecule has 7 unspecified atom stereocenters. The molecule has 7 atom stereocenters. The van der Waals surface area contributed by atoms with E-state index < -0.39 is 49.5 Å². The molecule has 9 heteroatoms. The minimum atomic E-state index is -1.55. The number of hydrogen-bond acceptors (Lipinski definition) is 8. The van der Waals surface area contributed by atoms with E-state index in [0.717, 1.165) is 38.5 Å². The van der Waals surface area contributed by atoms with Crippen LogP contribution in [0.2, 0.25) is 0 Å². The van der Waals surface area contributed by atoms with E-state index in [4.69, 9.17) is 9.47 Å². The molecule has 0 spiro atoms. The Morgan fingerprint density at radius 2 is 0.943 bits per heavy atom. The number of hydrogen-bond donors (Lipinski definition) is 6. The van der Waals surface area contributed by atoms with Crippen molar-refractivity contribution in [2.75, 3.05) is 13.2 Å². The highest BCUT2D eigenvalue weighted by Crippen LogP contribution is 2.23. The summed E-state index contributed by atoms with van der Waals surface area (Å²) in [6, 6.07) is -0.709. The van der Waals surface area contributed by atoms with Gasteiger partial charge < -0.3 is 40.3 Å². The summed E-state index contributed by atoms with van der Waals surface area (Å²) in [6.07, 6.45) is 31.3. The van der Waals surface area contributed by atoms with Crippen LogP contribution in [0.1, 0.15) is 219 Å². The van der Waals surface area contributed by atoms with Crippen LogP contribution in [0, 0.1) is 0 Å². The van der Waals surface area contributed by atoms with Crippen molar-refractivity contribution < 1.29 is 39.8 Å². The third kappa shape index (κ3) is 26.6. The predicted molar refractivity (Wildman–Crippen MR) is 217 cm³/mol. The van der Waals surface area contributed by atoms with Gasteiger partial charge in [0.25, 0.3) is 0 Å². The molecule has 1 aliphatic rings. The highest BCUT2D eigenvalue weighted by Gasteiger charge is 2.44. The molecule has 1 amide bonds. The summed E-state index contributed by atoms with van der Waals surface area (Å²) in [4.78, 5) is 12.9. The fourth-order valence-electron chi connectivity index (χ4n) is 7.51. The molecular weight excluding hydrogens is 670 g/mol.